The van der Waals surface area contributed by atoms with Crippen LogP contribution in [0.1, 0.15) is 0 Å². The van der Waals surface area contributed by atoms with Crippen molar-refractivity contribution < 1.29 is 0 Å². The molecule has 4 heteroatoms. The summed E-state index contributed by atoms with van der Waals surface area (Å²) in [6.45, 7) is 0.772. The van der Waals surface area contributed by atoms with Crippen molar-refractivity contribution in [1.29, 1.82) is 0 Å². The summed E-state index contributed by atoms with van der Waals surface area (Å²) in [6.07, 6.45) is 1.77. The molecule has 15 heavy (non-hydrogen) atoms. The highest BCUT2D eigenvalue weighted by atomic mass is 35.5. The monoisotopic (exact) mass is 221 g/mol. The molecule has 78 valence electrons. The van der Waals surface area contributed by atoms with Crippen LogP contribution >= 0.6 is 11.6 Å². The summed E-state index contributed by atoms with van der Waals surface area (Å²) >= 11 is 5.67. The second-order valence-corrected chi connectivity index (χ2v) is 3.71. The lowest BCUT2D eigenvalue weighted by Crippen LogP contribution is -2.20. The maximum Gasteiger partial charge on any atom is 0.147 e. The van der Waals surface area contributed by atoms with Gasteiger partial charge in [-0.2, -0.15) is 0 Å². The van der Waals surface area contributed by atoms with E-state index in [4.69, 9.17) is 11.6 Å². The molecule has 1 heterocycles. The molecule has 0 saturated heterocycles. The van der Waals surface area contributed by atoms with Crippen molar-refractivity contribution >= 4 is 28.5 Å². The van der Waals surface area contributed by atoms with Crippen LogP contribution in [0.15, 0.2) is 30.5 Å². The fourth-order valence-corrected chi connectivity index (χ4v) is 1.63. The van der Waals surface area contributed by atoms with Crippen LogP contribution in [0, 0.1) is 0 Å². The SMILES string of the molecule is CN(CCCl)c1cnc2ccccc2n1. The van der Waals surface area contributed by atoms with Gasteiger partial charge in [0.2, 0.25) is 0 Å². The molecule has 0 amide bonds. The summed E-state index contributed by atoms with van der Waals surface area (Å²) in [5.74, 6) is 1.44. The third-order valence-corrected chi connectivity index (χ3v) is 2.42. The van der Waals surface area contributed by atoms with Crippen molar-refractivity contribution in [3.63, 3.8) is 0 Å². The Bertz CT molecular complexity index is 458. The van der Waals surface area contributed by atoms with Gasteiger partial charge in [-0.05, 0) is 12.1 Å². The quantitative estimate of drug-likeness (QED) is 0.745. The zero-order valence-corrected chi connectivity index (χ0v) is 9.28. The fourth-order valence-electron chi connectivity index (χ4n) is 1.37. The van der Waals surface area contributed by atoms with Gasteiger partial charge in [-0.15, -0.1) is 11.6 Å². The summed E-state index contributed by atoms with van der Waals surface area (Å²) in [5.41, 5.74) is 1.83. The van der Waals surface area contributed by atoms with E-state index >= 15 is 0 Å². The molecule has 3 nitrogen and oxygen atoms in total. The molecule has 0 N–H and O–H groups in total. The highest BCUT2D eigenvalue weighted by Crippen LogP contribution is 2.13. The van der Waals surface area contributed by atoms with Crippen LogP contribution in [-0.4, -0.2) is 29.4 Å². The summed E-state index contributed by atoms with van der Waals surface area (Å²) in [6, 6.07) is 7.83. The number of anilines is 1. The molecule has 0 aliphatic carbocycles. The number of rotatable bonds is 3. The first-order chi connectivity index (χ1) is 7.31. The molecule has 1 aromatic heterocycles. The van der Waals surface area contributed by atoms with Gasteiger partial charge in [-0.3, -0.25) is 4.98 Å². The lowest BCUT2D eigenvalue weighted by molar-refractivity contribution is 0.942. The molecule has 0 saturated carbocycles. The first-order valence-corrected chi connectivity index (χ1v) is 5.33. The van der Waals surface area contributed by atoms with Crippen LogP contribution in [0.2, 0.25) is 0 Å². The van der Waals surface area contributed by atoms with Crippen molar-refractivity contribution in [3.05, 3.63) is 30.5 Å². The molecular weight excluding hydrogens is 210 g/mol. The molecule has 2 aromatic rings. The minimum atomic E-state index is 0.588. The number of fused-ring (bicyclic) bond motifs is 1. The predicted molar refractivity (Wildman–Crippen MR) is 63.5 cm³/mol. The highest BCUT2D eigenvalue weighted by Gasteiger charge is 2.03. The van der Waals surface area contributed by atoms with Gasteiger partial charge in [0, 0.05) is 19.5 Å². The summed E-state index contributed by atoms with van der Waals surface area (Å²) < 4.78 is 0. The maximum atomic E-state index is 5.67. The van der Waals surface area contributed by atoms with Gasteiger partial charge in [0.25, 0.3) is 0 Å². The molecule has 0 bridgehead atoms. The Morgan fingerprint density at radius 1 is 1.27 bits per heavy atom. The topological polar surface area (TPSA) is 29.0 Å². The Morgan fingerprint density at radius 2 is 2.00 bits per heavy atom. The van der Waals surface area contributed by atoms with E-state index < -0.39 is 0 Å². The van der Waals surface area contributed by atoms with E-state index in [1.54, 1.807) is 6.20 Å². The van der Waals surface area contributed by atoms with Gasteiger partial charge in [-0.25, -0.2) is 4.98 Å². The van der Waals surface area contributed by atoms with E-state index in [9.17, 15) is 0 Å². The van der Waals surface area contributed by atoms with Crippen LogP contribution in [-0.2, 0) is 0 Å². The highest BCUT2D eigenvalue weighted by molar-refractivity contribution is 6.18. The zero-order valence-electron chi connectivity index (χ0n) is 8.52. The van der Waals surface area contributed by atoms with E-state index in [0.717, 1.165) is 23.4 Å². The molecule has 0 radical (unpaired) electrons. The Morgan fingerprint density at radius 3 is 2.73 bits per heavy atom. The van der Waals surface area contributed by atoms with E-state index in [1.165, 1.54) is 0 Å². The van der Waals surface area contributed by atoms with Crippen LogP contribution < -0.4 is 4.90 Å². The Kier molecular flexibility index (Phi) is 3.02. The van der Waals surface area contributed by atoms with Crippen molar-refractivity contribution in [1.82, 2.24) is 9.97 Å². The van der Waals surface area contributed by atoms with Crippen molar-refractivity contribution in [3.8, 4) is 0 Å². The lowest BCUT2D eigenvalue weighted by atomic mass is 10.3. The maximum absolute atomic E-state index is 5.67. The molecule has 0 aliphatic heterocycles. The molecular formula is C11H12ClN3. The van der Waals surface area contributed by atoms with Gasteiger partial charge < -0.3 is 4.90 Å². The summed E-state index contributed by atoms with van der Waals surface area (Å²) in [7, 11) is 1.96. The molecule has 0 unspecified atom stereocenters. The first-order valence-electron chi connectivity index (χ1n) is 4.80. The van der Waals surface area contributed by atoms with Gasteiger partial charge >= 0.3 is 0 Å². The number of para-hydroxylation sites is 2. The second-order valence-electron chi connectivity index (χ2n) is 3.33. The number of nitrogens with zero attached hydrogens (tertiary/aromatic N) is 3. The first kappa shape index (κ1) is 10.2. The fraction of sp³-hybridized carbons (Fsp3) is 0.273. The van der Waals surface area contributed by atoms with Gasteiger partial charge in [0.05, 0.1) is 17.2 Å². The third-order valence-electron chi connectivity index (χ3n) is 2.25. The number of halogens is 1. The summed E-state index contributed by atoms with van der Waals surface area (Å²) in [4.78, 5) is 10.8. The predicted octanol–water partition coefficient (Wildman–Crippen LogP) is 2.30. The average molecular weight is 222 g/mol. The zero-order chi connectivity index (χ0) is 10.7. The van der Waals surface area contributed by atoms with Crippen LogP contribution in [0.5, 0.6) is 0 Å². The van der Waals surface area contributed by atoms with Gasteiger partial charge in [0.1, 0.15) is 5.82 Å². The van der Waals surface area contributed by atoms with E-state index in [1.807, 2.05) is 36.2 Å². The minimum Gasteiger partial charge on any atom is -0.357 e. The average Bonchev–Trinajstić information content (AvgIpc) is 2.29. The Labute approximate surface area is 93.7 Å². The molecule has 2 rings (SSSR count). The van der Waals surface area contributed by atoms with Crippen molar-refractivity contribution in [2.45, 2.75) is 0 Å². The standard InChI is InChI=1S/C11H12ClN3/c1-15(7-6-12)11-8-13-9-4-2-3-5-10(9)14-11/h2-5,8H,6-7H2,1H3. The largest absolute Gasteiger partial charge is 0.357 e. The van der Waals surface area contributed by atoms with E-state index in [2.05, 4.69) is 9.97 Å². The number of benzene rings is 1. The number of alkyl halides is 1. The molecule has 0 spiro atoms. The third kappa shape index (κ3) is 2.18. The van der Waals surface area contributed by atoms with Crippen molar-refractivity contribution in [2.24, 2.45) is 0 Å². The number of hydrogen-bond donors (Lipinski definition) is 0. The minimum absolute atomic E-state index is 0.588. The van der Waals surface area contributed by atoms with Crippen molar-refractivity contribution in [2.75, 3.05) is 24.4 Å². The van der Waals surface area contributed by atoms with Gasteiger partial charge in [0.15, 0.2) is 0 Å². The number of hydrogen-bond acceptors (Lipinski definition) is 3. The van der Waals surface area contributed by atoms with Crippen LogP contribution in [0.4, 0.5) is 5.82 Å². The molecule has 1 aromatic carbocycles. The lowest BCUT2D eigenvalue weighted by Gasteiger charge is -2.16. The summed E-state index contributed by atoms with van der Waals surface area (Å²) in [5, 5.41) is 0. The van der Waals surface area contributed by atoms with E-state index in [-0.39, 0.29) is 0 Å². The number of aromatic nitrogens is 2. The molecule has 0 atom stereocenters. The molecule has 0 fully saturated rings. The smallest absolute Gasteiger partial charge is 0.147 e. The molecule has 0 aliphatic rings. The van der Waals surface area contributed by atoms with Gasteiger partial charge in [-0.1, -0.05) is 12.1 Å². The normalized spacial score (nSPS) is 10.5. The van der Waals surface area contributed by atoms with Crippen LogP contribution in [0.3, 0.4) is 0 Å². The Balaban J connectivity index is 2.38. The second kappa shape index (κ2) is 4.45. The van der Waals surface area contributed by atoms with E-state index in [0.29, 0.717) is 5.88 Å². The van der Waals surface area contributed by atoms with Crippen LogP contribution in [0.25, 0.3) is 11.0 Å². The Hall–Kier alpha value is -1.35.